The molecule has 6 radical (unpaired) electrons. The van der Waals surface area contributed by atoms with Crippen LogP contribution in [0.3, 0.4) is 0 Å². The van der Waals surface area contributed by atoms with E-state index in [1.807, 2.05) is 0 Å². The quantitative estimate of drug-likeness (QED) is 0.495. The maximum absolute atomic E-state index is 0. The second-order valence-corrected chi connectivity index (χ2v) is 0. The van der Waals surface area contributed by atoms with Gasteiger partial charge in [0.25, 0.3) is 0 Å². The Morgan fingerprint density at radius 3 is 0.500 bits per heavy atom. The predicted octanol–water partition coefficient (Wildman–Crippen LogP) is -1.14. The Morgan fingerprint density at radius 2 is 0.500 bits per heavy atom. The zero-order chi connectivity index (χ0) is 0. The van der Waals surface area contributed by atoms with E-state index in [1.54, 1.807) is 0 Å². The molecule has 4 heteroatoms. The molecule has 0 heterocycles. The van der Waals surface area contributed by atoms with Crippen molar-refractivity contribution >= 4 is 113 Å². The molecule has 0 aromatic rings. The van der Waals surface area contributed by atoms with Crippen LogP contribution in [0.5, 0.6) is 0 Å². The fraction of sp³-hybridized carbons (Fsp3) is 0. The molecule has 0 fully saturated rings. The Bertz CT molecular complexity index is 3.25. The van der Waals surface area contributed by atoms with Gasteiger partial charge in [-0.2, -0.15) is 0 Å². The van der Waals surface area contributed by atoms with E-state index in [0.29, 0.717) is 0 Å². The summed E-state index contributed by atoms with van der Waals surface area (Å²) in [6.07, 6.45) is 0. The van der Waals surface area contributed by atoms with Gasteiger partial charge in [0.1, 0.15) is 0 Å². The van der Waals surface area contributed by atoms with E-state index in [9.17, 15) is 0 Å². The van der Waals surface area contributed by atoms with Gasteiger partial charge in [-0.3, -0.25) is 0 Å². The molecule has 0 amide bonds. The zero-order valence-corrected chi connectivity index (χ0v) is 15.0. The summed E-state index contributed by atoms with van der Waals surface area (Å²) in [5.74, 6) is 0. The Hall–Kier alpha value is 4.71. The standard InChI is InChI=1S/3Ca.Hg. The van der Waals surface area contributed by atoms with Crippen LogP contribution >= 0.6 is 0 Å². The molecular formula is Ca3Hg. The van der Waals surface area contributed by atoms with Crippen molar-refractivity contribution in [3.05, 3.63) is 0 Å². The van der Waals surface area contributed by atoms with Gasteiger partial charge >= 0.3 is 0 Å². The van der Waals surface area contributed by atoms with Gasteiger partial charge in [0, 0.05) is 141 Å². The third-order valence-electron chi connectivity index (χ3n) is 0. The summed E-state index contributed by atoms with van der Waals surface area (Å²) in [7, 11) is 0. The van der Waals surface area contributed by atoms with Crippen LogP contribution in [0.4, 0.5) is 0 Å². The Kier molecular flexibility index (Phi) is 91.3. The fourth-order valence-electron chi connectivity index (χ4n) is 0. The molecule has 4 heavy (non-hydrogen) atoms. The Labute approximate surface area is 136 Å². The molecule has 0 aliphatic heterocycles. The predicted molar refractivity (Wildman–Crippen MR) is 17.3 cm³/mol. The summed E-state index contributed by atoms with van der Waals surface area (Å²) in [4.78, 5) is 0. The van der Waals surface area contributed by atoms with Gasteiger partial charge in [0.05, 0.1) is 0 Å². The molecule has 0 saturated heterocycles. The molecule has 0 unspecified atom stereocenters. The summed E-state index contributed by atoms with van der Waals surface area (Å²) in [5, 5.41) is 0. The second-order valence-electron chi connectivity index (χ2n) is 0. The summed E-state index contributed by atoms with van der Waals surface area (Å²) < 4.78 is 0. The Morgan fingerprint density at radius 1 is 0.500 bits per heavy atom. The minimum Gasteiger partial charge on any atom is 0 e. The van der Waals surface area contributed by atoms with Gasteiger partial charge in [0.15, 0.2) is 0 Å². The van der Waals surface area contributed by atoms with E-state index in [0.717, 1.165) is 0 Å². The van der Waals surface area contributed by atoms with Gasteiger partial charge < -0.3 is 0 Å². The molecule has 0 atom stereocenters. The third-order valence-corrected chi connectivity index (χ3v) is 0. The fourth-order valence-corrected chi connectivity index (χ4v) is 0. The minimum absolute atomic E-state index is 0. The first kappa shape index (κ1) is 23.3. The van der Waals surface area contributed by atoms with E-state index in [1.165, 1.54) is 0 Å². The van der Waals surface area contributed by atoms with Crippen molar-refractivity contribution in [1.29, 1.82) is 0 Å². The molecule has 0 saturated carbocycles. The van der Waals surface area contributed by atoms with Gasteiger partial charge in [-0.25, -0.2) is 0 Å². The third kappa shape index (κ3) is 9.86. The summed E-state index contributed by atoms with van der Waals surface area (Å²) in [6, 6.07) is 0. The smallest absolute Gasteiger partial charge is 0 e. The second kappa shape index (κ2) is 15.6. The van der Waals surface area contributed by atoms with Crippen LogP contribution in [-0.4, -0.2) is 113 Å². The van der Waals surface area contributed by atoms with Crippen LogP contribution in [0.25, 0.3) is 0 Å². The first-order valence-corrected chi connectivity index (χ1v) is 0. The van der Waals surface area contributed by atoms with Crippen LogP contribution in [0, 0.1) is 0 Å². The first-order valence-electron chi connectivity index (χ1n) is 0. The summed E-state index contributed by atoms with van der Waals surface area (Å²) in [5.41, 5.74) is 0. The van der Waals surface area contributed by atoms with Gasteiger partial charge in [0.2, 0.25) is 0 Å². The molecule has 0 aliphatic rings. The number of hydrogen-bond donors (Lipinski definition) is 0. The van der Waals surface area contributed by atoms with Crippen LogP contribution in [0.15, 0.2) is 0 Å². The van der Waals surface area contributed by atoms with E-state index in [4.69, 9.17) is 0 Å². The molecule has 0 bridgehead atoms. The van der Waals surface area contributed by atoms with Crippen molar-refractivity contribution in [3.63, 3.8) is 0 Å². The zero-order valence-electron chi connectivity index (χ0n) is 2.83. The summed E-state index contributed by atoms with van der Waals surface area (Å²) in [6.45, 7) is 0. The van der Waals surface area contributed by atoms with Crippen molar-refractivity contribution in [3.8, 4) is 0 Å². The van der Waals surface area contributed by atoms with E-state index in [2.05, 4.69) is 0 Å². The normalized spacial score (nSPS) is 0. The van der Waals surface area contributed by atoms with Crippen molar-refractivity contribution in [2.24, 2.45) is 0 Å². The maximum Gasteiger partial charge on any atom is 0 e. The van der Waals surface area contributed by atoms with E-state index >= 15 is 0 Å². The van der Waals surface area contributed by atoms with Gasteiger partial charge in [-0.15, -0.1) is 0 Å². The minimum atomic E-state index is 0. The number of hydrogen-bond acceptors (Lipinski definition) is 0. The SMILES string of the molecule is [Ca].[Ca].[Ca].[Hg]. The monoisotopic (exact) mass is 322 g/mol. The molecular weight excluding hydrogens is 321 g/mol. The van der Waals surface area contributed by atoms with Crippen LogP contribution in [0.1, 0.15) is 0 Å². The molecule has 0 aromatic heterocycles. The van der Waals surface area contributed by atoms with Crippen LogP contribution in [0.2, 0.25) is 0 Å². The average Bonchev–Trinajstić information content (AvgIpc) is 0. The molecule has 8 valence electrons. The molecule has 0 N–H and O–H groups in total. The summed E-state index contributed by atoms with van der Waals surface area (Å²) >= 11 is 0. The average molecular weight is 321 g/mol. The van der Waals surface area contributed by atoms with Crippen molar-refractivity contribution in [2.75, 3.05) is 0 Å². The molecule has 0 rings (SSSR count). The molecule has 0 aliphatic carbocycles. The van der Waals surface area contributed by atoms with Crippen molar-refractivity contribution < 1.29 is 27.7 Å². The van der Waals surface area contributed by atoms with E-state index < -0.39 is 0 Å². The molecule has 0 aromatic carbocycles. The molecule has 0 spiro atoms. The van der Waals surface area contributed by atoms with Crippen molar-refractivity contribution in [1.82, 2.24) is 0 Å². The molecule has 0 nitrogen and oxygen atoms in total. The number of rotatable bonds is 0. The Balaban J connectivity index is 0. The topological polar surface area (TPSA) is 0 Å². The van der Waals surface area contributed by atoms with Crippen molar-refractivity contribution in [2.45, 2.75) is 0 Å². The first-order chi connectivity index (χ1) is 0. The van der Waals surface area contributed by atoms with E-state index in [-0.39, 0.29) is 141 Å². The maximum atomic E-state index is 0. The van der Waals surface area contributed by atoms with Gasteiger partial charge in [-0.05, 0) is 0 Å². The largest absolute Gasteiger partial charge is 0 e. The van der Waals surface area contributed by atoms with Gasteiger partial charge in [-0.1, -0.05) is 0 Å². The van der Waals surface area contributed by atoms with Crippen LogP contribution < -0.4 is 0 Å². The van der Waals surface area contributed by atoms with Crippen LogP contribution in [-0.2, 0) is 27.7 Å².